The second-order valence-corrected chi connectivity index (χ2v) is 11.2. The largest absolute Gasteiger partial charge is 0.468 e. The molecule has 10 heteroatoms. The number of methoxy groups -OCH3 is 1. The summed E-state index contributed by atoms with van der Waals surface area (Å²) in [6.07, 6.45) is 1.68. The van der Waals surface area contributed by atoms with Crippen LogP contribution < -0.4 is 4.80 Å². The van der Waals surface area contributed by atoms with Gasteiger partial charge in [0, 0.05) is 18.7 Å². The van der Waals surface area contributed by atoms with Crippen molar-refractivity contribution < 1.29 is 22.7 Å². The zero-order valence-corrected chi connectivity index (χ0v) is 22.3. The summed E-state index contributed by atoms with van der Waals surface area (Å²) in [4.78, 5) is 29.8. The Hall–Kier alpha value is -2.82. The fourth-order valence-electron chi connectivity index (χ4n) is 3.80. The number of carbonyl (C=O) groups is 2. The van der Waals surface area contributed by atoms with E-state index in [9.17, 15) is 18.0 Å². The SMILES string of the molecule is CCCCN(CC)S(=O)(=O)c1ccc(C(=O)N=c2sc3c(C)cc(C)cc3n2CC(=O)OC)cc1. The quantitative estimate of drug-likeness (QED) is 0.399. The van der Waals surface area contributed by atoms with Crippen molar-refractivity contribution in [3.8, 4) is 0 Å². The van der Waals surface area contributed by atoms with E-state index in [1.54, 1.807) is 4.57 Å². The van der Waals surface area contributed by atoms with Gasteiger partial charge in [0.05, 0.1) is 22.2 Å². The molecule has 0 fully saturated rings. The van der Waals surface area contributed by atoms with Gasteiger partial charge >= 0.3 is 5.97 Å². The molecule has 35 heavy (non-hydrogen) atoms. The Kier molecular flexibility index (Phi) is 8.63. The monoisotopic (exact) mass is 517 g/mol. The number of amides is 1. The van der Waals surface area contributed by atoms with E-state index in [2.05, 4.69) is 4.99 Å². The van der Waals surface area contributed by atoms with Crippen LogP contribution in [0.5, 0.6) is 0 Å². The second kappa shape index (κ2) is 11.3. The minimum absolute atomic E-state index is 0.0761. The van der Waals surface area contributed by atoms with Crippen LogP contribution in [-0.4, -0.2) is 49.4 Å². The smallest absolute Gasteiger partial charge is 0.325 e. The summed E-state index contributed by atoms with van der Waals surface area (Å²) in [6, 6.07) is 9.80. The van der Waals surface area contributed by atoms with Crippen molar-refractivity contribution in [2.75, 3.05) is 20.2 Å². The van der Waals surface area contributed by atoms with E-state index in [0.29, 0.717) is 17.9 Å². The first-order valence-corrected chi connectivity index (χ1v) is 13.7. The van der Waals surface area contributed by atoms with Gasteiger partial charge in [0.2, 0.25) is 10.0 Å². The molecule has 0 aliphatic heterocycles. The molecule has 0 aliphatic carbocycles. The molecule has 2 aromatic carbocycles. The Morgan fingerprint density at radius 2 is 1.80 bits per heavy atom. The minimum atomic E-state index is -3.64. The zero-order valence-electron chi connectivity index (χ0n) is 20.7. The molecule has 188 valence electrons. The van der Waals surface area contributed by atoms with Crippen molar-refractivity contribution >= 4 is 43.5 Å². The Labute approximate surface area is 209 Å². The summed E-state index contributed by atoms with van der Waals surface area (Å²) >= 11 is 1.32. The van der Waals surface area contributed by atoms with Crippen molar-refractivity contribution in [1.29, 1.82) is 0 Å². The van der Waals surface area contributed by atoms with Crippen LogP contribution in [0.1, 0.15) is 48.2 Å². The number of ether oxygens (including phenoxy) is 1. The van der Waals surface area contributed by atoms with Gasteiger partial charge in [0.25, 0.3) is 5.91 Å². The van der Waals surface area contributed by atoms with Crippen LogP contribution in [0, 0.1) is 13.8 Å². The topological polar surface area (TPSA) is 98.0 Å². The highest BCUT2D eigenvalue weighted by Gasteiger charge is 2.23. The van der Waals surface area contributed by atoms with Gasteiger partial charge in [-0.2, -0.15) is 9.30 Å². The molecule has 1 amide bonds. The lowest BCUT2D eigenvalue weighted by molar-refractivity contribution is -0.141. The number of aryl methyl sites for hydroxylation is 2. The van der Waals surface area contributed by atoms with Gasteiger partial charge in [-0.25, -0.2) is 8.42 Å². The molecule has 0 radical (unpaired) electrons. The molecule has 1 aromatic heterocycles. The van der Waals surface area contributed by atoms with Crippen LogP contribution in [-0.2, 0) is 26.1 Å². The first kappa shape index (κ1) is 26.8. The lowest BCUT2D eigenvalue weighted by Crippen LogP contribution is -2.31. The number of benzene rings is 2. The van der Waals surface area contributed by atoms with Crippen molar-refractivity contribution in [2.24, 2.45) is 4.99 Å². The molecule has 3 rings (SSSR count). The molecular weight excluding hydrogens is 486 g/mol. The molecule has 0 aliphatic rings. The van der Waals surface area contributed by atoms with Crippen LogP contribution in [0.4, 0.5) is 0 Å². The van der Waals surface area contributed by atoms with Crippen LogP contribution in [0.15, 0.2) is 46.3 Å². The van der Waals surface area contributed by atoms with E-state index in [-0.39, 0.29) is 17.0 Å². The molecule has 0 spiro atoms. The third-order valence-corrected chi connectivity index (χ3v) is 8.90. The van der Waals surface area contributed by atoms with Gasteiger partial charge in [0.1, 0.15) is 6.54 Å². The number of fused-ring (bicyclic) bond motifs is 1. The average Bonchev–Trinajstić information content (AvgIpc) is 3.16. The highest BCUT2D eigenvalue weighted by atomic mass is 32.2. The number of carbonyl (C=O) groups excluding carboxylic acids is 2. The van der Waals surface area contributed by atoms with E-state index < -0.39 is 21.9 Å². The average molecular weight is 518 g/mol. The third-order valence-electron chi connectivity index (χ3n) is 5.68. The zero-order chi connectivity index (χ0) is 25.8. The molecule has 0 N–H and O–H groups in total. The molecule has 0 saturated heterocycles. The number of unbranched alkanes of at least 4 members (excludes halogenated alkanes) is 1. The molecule has 0 bridgehead atoms. The van der Waals surface area contributed by atoms with E-state index in [1.165, 1.54) is 47.0 Å². The second-order valence-electron chi connectivity index (χ2n) is 8.27. The summed E-state index contributed by atoms with van der Waals surface area (Å²) < 4.78 is 34.8. The van der Waals surface area contributed by atoms with E-state index >= 15 is 0 Å². The lowest BCUT2D eigenvalue weighted by atomic mass is 10.1. The van der Waals surface area contributed by atoms with Gasteiger partial charge in [0.15, 0.2) is 4.80 Å². The van der Waals surface area contributed by atoms with Gasteiger partial charge in [-0.1, -0.05) is 37.7 Å². The lowest BCUT2D eigenvalue weighted by Gasteiger charge is -2.20. The highest BCUT2D eigenvalue weighted by Crippen LogP contribution is 2.24. The molecule has 8 nitrogen and oxygen atoms in total. The predicted molar refractivity (Wildman–Crippen MR) is 137 cm³/mol. The van der Waals surface area contributed by atoms with Gasteiger partial charge in [-0.05, 0) is 61.7 Å². The maximum atomic E-state index is 13.0. The van der Waals surface area contributed by atoms with E-state index in [4.69, 9.17) is 4.74 Å². The van der Waals surface area contributed by atoms with Crippen molar-refractivity contribution in [2.45, 2.75) is 52.0 Å². The van der Waals surface area contributed by atoms with Gasteiger partial charge in [-0.15, -0.1) is 0 Å². The molecule has 0 unspecified atom stereocenters. The predicted octanol–water partition coefficient (Wildman–Crippen LogP) is 4.04. The molecule has 0 atom stereocenters. The van der Waals surface area contributed by atoms with Crippen LogP contribution >= 0.6 is 11.3 Å². The van der Waals surface area contributed by atoms with Gasteiger partial charge in [-0.3, -0.25) is 9.59 Å². The minimum Gasteiger partial charge on any atom is -0.468 e. The fourth-order valence-corrected chi connectivity index (χ4v) is 6.36. The maximum absolute atomic E-state index is 13.0. The van der Waals surface area contributed by atoms with Crippen LogP contribution in [0.3, 0.4) is 0 Å². The summed E-state index contributed by atoms with van der Waals surface area (Å²) in [5.41, 5.74) is 3.12. The Morgan fingerprint density at radius 1 is 1.11 bits per heavy atom. The molecule has 0 saturated carbocycles. The summed E-state index contributed by atoms with van der Waals surface area (Å²) in [7, 11) is -2.32. The van der Waals surface area contributed by atoms with Crippen LogP contribution in [0.2, 0.25) is 0 Å². The number of aromatic nitrogens is 1. The Bertz CT molecular complexity index is 1400. The number of thiazole rings is 1. The summed E-state index contributed by atoms with van der Waals surface area (Å²) in [6.45, 7) is 8.51. The number of esters is 1. The van der Waals surface area contributed by atoms with Crippen LogP contribution in [0.25, 0.3) is 10.2 Å². The number of rotatable bonds is 9. The summed E-state index contributed by atoms with van der Waals surface area (Å²) in [5.74, 6) is -0.970. The highest BCUT2D eigenvalue weighted by molar-refractivity contribution is 7.89. The third kappa shape index (κ3) is 5.88. The molecule has 1 heterocycles. The van der Waals surface area contributed by atoms with E-state index in [0.717, 1.165) is 34.2 Å². The fraction of sp³-hybridized carbons (Fsp3) is 0.400. The number of sulfonamides is 1. The molecular formula is C25H31N3O5S2. The van der Waals surface area contributed by atoms with Gasteiger partial charge < -0.3 is 9.30 Å². The Morgan fingerprint density at radius 3 is 2.40 bits per heavy atom. The normalized spacial score (nSPS) is 12.5. The maximum Gasteiger partial charge on any atom is 0.325 e. The van der Waals surface area contributed by atoms with Crippen molar-refractivity contribution in [3.63, 3.8) is 0 Å². The first-order valence-electron chi connectivity index (χ1n) is 11.5. The van der Waals surface area contributed by atoms with Crippen molar-refractivity contribution in [1.82, 2.24) is 8.87 Å². The number of nitrogens with zero attached hydrogens (tertiary/aromatic N) is 3. The Balaban J connectivity index is 2.00. The standard InChI is InChI=1S/C25H31N3O5S2/c1-6-8-13-27(7-2)35(31,32)20-11-9-19(10-12-20)24(30)26-25-28(16-22(29)33-5)21-15-17(3)14-18(4)23(21)34-25/h9-12,14-15H,6-8,13,16H2,1-5H3. The summed E-state index contributed by atoms with van der Waals surface area (Å²) in [5, 5.41) is 0. The molecule has 3 aromatic rings. The van der Waals surface area contributed by atoms with E-state index in [1.807, 2.05) is 39.8 Å². The number of hydrogen-bond acceptors (Lipinski definition) is 6. The van der Waals surface area contributed by atoms with Crippen molar-refractivity contribution in [3.05, 3.63) is 57.9 Å². The number of hydrogen-bond donors (Lipinski definition) is 0. The first-order chi connectivity index (χ1) is 16.6.